The highest BCUT2D eigenvalue weighted by atomic mass is 19.1. The van der Waals surface area contributed by atoms with Gasteiger partial charge in [-0.3, -0.25) is 0 Å². The normalized spacial score (nSPS) is 9.17. The van der Waals surface area contributed by atoms with Crippen LogP contribution in [0.15, 0.2) is 34.3 Å². The molecule has 0 bridgehead atoms. The molecule has 5 nitrogen and oxygen atoms in total. The second kappa shape index (κ2) is 7.90. The first-order chi connectivity index (χ1) is 8.77. The van der Waals surface area contributed by atoms with Gasteiger partial charge in [-0.15, -0.1) is 0 Å². The van der Waals surface area contributed by atoms with E-state index < -0.39 is 0 Å². The van der Waals surface area contributed by atoms with Crippen LogP contribution in [0.4, 0.5) is 10.1 Å². The molecule has 0 amide bonds. The summed E-state index contributed by atoms with van der Waals surface area (Å²) in [6.07, 6.45) is 2.91. The summed E-state index contributed by atoms with van der Waals surface area (Å²) in [7, 11) is 0. The number of carbonyl (C=O) groups excluding carboxylic acids is 2. The molecule has 0 heterocycles. The number of anilines is 1. The molecule has 0 aromatic heterocycles. The summed E-state index contributed by atoms with van der Waals surface area (Å²) in [5, 5.41) is 0. The monoisotopic (exact) mass is 249 g/mol. The van der Waals surface area contributed by atoms with Crippen molar-refractivity contribution in [3.05, 3.63) is 30.1 Å². The summed E-state index contributed by atoms with van der Waals surface area (Å²) in [4.78, 5) is 28.8. The van der Waals surface area contributed by atoms with Crippen molar-refractivity contribution in [1.82, 2.24) is 0 Å². The predicted molar refractivity (Wildman–Crippen MR) is 64.6 cm³/mol. The van der Waals surface area contributed by atoms with Crippen molar-refractivity contribution in [2.75, 3.05) is 31.1 Å². The minimum absolute atomic E-state index is 0.283. The fourth-order valence-corrected chi connectivity index (χ4v) is 1.45. The number of isocyanates is 2. The molecular weight excluding hydrogens is 237 g/mol. The van der Waals surface area contributed by atoms with Crippen molar-refractivity contribution in [3.8, 4) is 0 Å². The second-order valence-electron chi connectivity index (χ2n) is 3.41. The Bertz CT molecular complexity index is 441. The fraction of sp³-hybridized carbons (Fsp3) is 0.333. The Kier molecular flexibility index (Phi) is 6.04. The van der Waals surface area contributed by atoms with Crippen LogP contribution in [0, 0.1) is 5.82 Å². The third kappa shape index (κ3) is 4.70. The Balaban J connectivity index is 2.71. The molecule has 0 aliphatic heterocycles. The predicted octanol–water partition coefficient (Wildman–Crippen LogP) is 1.30. The molecule has 0 fully saturated rings. The van der Waals surface area contributed by atoms with Gasteiger partial charge in [0, 0.05) is 18.8 Å². The number of rotatable bonds is 7. The highest BCUT2D eigenvalue weighted by Gasteiger charge is 2.05. The molecule has 0 spiro atoms. The van der Waals surface area contributed by atoms with E-state index in [-0.39, 0.29) is 18.9 Å². The SMILES string of the molecule is O=C=NCCN(CCN=C=O)c1ccc(F)cc1. The van der Waals surface area contributed by atoms with Gasteiger partial charge in [-0.25, -0.2) is 24.0 Å². The minimum Gasteiger partial charge on any atom is -0.368 e. The van der Waals surface area contributed by atoms with Gasteiger partial charge in [0.25, 0.3) is 0 Å². The van der Waals surface area contributed by atoms with Gasteiger partial charge in [-0.1, -0.05) is 0 Å². The van der Waals surface area contributed by atoms with Crippen LogP contribution in [0.1, 0.15) is 0 Å². The Morgan fingerprint density at radius 2 is 1.50 bits per heavy atom. The smallest absolute Gasteiger partial charge is 0.235 e. The molecule has 0 aliphatic rings. The van der Waals surface area contributed by atoms with Crippen LogP contribution in [-0.2, 0) is 9.59 Å². The topological polar surface area (TPSA) is 62.1 Å². The molecule has 18 heavy (non-hydrogen) atoms. The number of benzene rings is 1. The first kappa shape index (κ1) is 13.8. The first-order valence-corrected chi connectivity index (χ1v) is 5.35. The van der Waals surface area contributed by atoms with E-state index in [0.717, 1.165) is 5.69 Å². The van der Waals surface area contributed by atoms with Gasteiger partial charge in [-0.2, -0.15) is 0 Å². The van der Waals surface area contributed by atoms with E-state index in [1.165, 1.54) is 24.3 Å². The average Bonchev–Trinajstić information content (AvgIpc) is 2.38. The quantitative estimate of drug-likeness (QED) is 0.540. The van der Waals surface area contributed by atoms with Crippen LogP contribution < -0.4 is 4.90 Å². The van der Waals surface area contributed by atoms with Crippen LogP contribution in [0.3, 0.4) is 0 Å². The van der Waals surface area contributed by atoms with Crippen LogP contribution in [0.2, 0.25) is 0 Å². The molecule has 1 aromatic rings. The fourth-order valence-electron chi connectivity index (χ4n) is 1.45. The van der Waals surface area contributed by atoms with E-state index in [2.05, 4.69) is 9.98 Å². The van der Waals surface area contributed by atoms with Crippen LogP contribution >= 0.6 is 0 Å². The Labute approximate surface area is 104 Å². The van der Waals surface area contributed by atoms with Crippen molar-refractivity contribution < 1.29 is 14.0 Å². The molecule has 0 saturated heterocycles. The van der Waals surface area contributed by atoms with Gasteiger partial charge in [-0.05, 0) is 24.3 Å². The number of hydrogen-bond donors (Lipinski definition) is 0. The van der Waals surface area contributed by atoms with E-state index >= 15 is 0 Å². The Morgan fingerprint density at radius 1 is 1.00 bits per heavy atom. The third-order valence-electron chi connectivity index (χ3n) is 2.28. The molecule has 0 atom stereocenters. The number of halogens is 1. The summed E-state index contributed by atoms with van der Waals surface area (Å²) in [6, 6.07) is 5.91. The largest absolute Gasteiger partial charge is 0.368 e. The van der Waals surface area contributed by atoms with E-state index in [0.29, 0.717) is 13.1 Å². The standard InChI is InChI=1S/C12H12FN3O2/c13-11-1-3-12(4-2-11)16(7-5-14-9-17)8-6-15-10-18/h1-4H,5-8H2. The van der Waals surface area contributed by atoms with Gasteiger partial charge in [0.15, 0.2) is 0 Å². The van der Waals surface area contributed by atoms with E-state index in [4.69, 9.17) is 0 Å². The van der Waals surface area contributed by atoms with Crippen molar-refractivity contribution in [1.29, 1.82) is 0 Å². The molecule has 6 heteroatoms. The van der Waals surface area contributed by atoms with Crippen molar-refractivity contribution in [3.63, 3.8) is 0 Å². The molecule has 0 N–H and O–H groups in total. The number of aliphatic imine (C=N–C) groups is 2. The molecule has 0 saturated carbocycles. The number of hydrogen-bond acceptors (Lipinski definition) is 5. The second-order valence-corrected chi connectivity index (χ2v) is 3.41. The lowest BCUT2D eigenvalue weighted by molar-refractivity contribution is 0.562. The van der Waals surface area contributed by atoms with Gasteiger partial charge in [0.05, 0.1) is 13.1 Å². The van der Waals surface area contributed by atoms with Crippen LogP contribution in [0.5, 0.6) is 0 Å². The highest BCUT2D eigenvalue weighted by molar-refractivity contribution is 5.46. The zero-order valence-corrected chi connectivity index (χ0v) is 9.67. The summed E-state index contributed by atoms with van der Waals surface area (Å²) in [5.74, 6) is -0.324. The molecule has 1 rings (SSSR count). The van der Waals surface area contributed by atoms with Crippen LogP contribution in [-0.4, -0.2) is 38.3 Å². The Morgan fingerprint density at radius 3 is 1.94 bits per heavy atom. The lowest BCUT2D eigenvalue weighted by Crippen LogP contribution is -2.28. The molecule has 1 aromatic carbocycles. The van der Waals surface area contributed by atoms with Gasteiger partial charge >= 0.3 is 0 Å². The van der Waals surface area contributed by atoms with Crippen molar-refractivity contribution >= 4 is 17.8 Å². The molecule has 0 unspecified atom stereocenters. The van der Waals surface area contributed by atoms with Gasteiger partial charge in [0.2, 0.25) is 12.2 Å². The average molecular weight is 249 g/mol. The molecular formula is C12H12FN3O2. The summed E-state index contributed by atoms with van der Waals surface area (Å²) < 4.78 is 12.8. The lowest BCUT2D eigenvalue weighted by Gasteiger charge is -2.22. The summed E-state index contributed by atoms with van der Waals surface area (Å²) in [5.41, 5.74) is 0.776. The van der Waals surface area contributed by atoms with E-state index in [1.807, 2.05) is 4.90 Å². The maximum Gasteiger partial charge on any atom is 0.235 e. The third-order valence-corrected chi connectivity index (χ3v) is 2.28. The molecule has 0 aliphatic carbocycles. The van der Waals surface area contributed by atoms with Gasteiger partial charge in [0.1, 0.15) is 5.82 Å². The van der Waals surface area contributed by atoms with E-state index in [1.54, 1.807) is 12.1 Å². The zero-order valence-electron chi connectivity index (χ0n) is 9.67. The lowest BCUT2D eigenvalue weighted by atomic mass is 10.2. The Hall–Kier alpha value is -2.29. The maximum absolute atomic E-state index is 12.8. The van der Waals surface area contributed by atoms with E-state index in [9.17, 15) is 14.0 Å². The molecule has 94 valence electrons. The summed E-state index contributed by atoms with van der Waals surface area (Å²) in [6.45, 7) is 1.50. The first-order valence-electron chi connectivity index (χ1n) is 5.35. The summed E-state index contributed by atoms with van der Waals surface area (Å²) >= 11 is 0. The highest BCUT2D eigenvalue weighted by Crippen LogP contribution is 2.14. The van der Waals surface area contributed by atoms with Crippen molar-refractivity contribution in [2.45, 2.75) is 0 Å². The number of nitrogens with zero attached hydrogens (tertiary/aromatic N) is 3. The molecule has 0 radical (unpaired) electrons. The van der Waals surface area contributed by atoms with Crippen LogP contribution in [0.25, 0.3) is 0 Å². The maximum atomic E-state index is 12.8. The van der Waals surface area contributed by atoms with Crippen molar-refractivity contribution in [2.24, 2.45) is 9.98 Å². The zero-order chi connectivity index (χ0) is 13.2. The van der Waals surface area contributed by atoms with Gasteiger partial charge < -0.3 is 4.90 Å². The minimum atomic E-state index is -0.324.